The first-order valence-electron chi connectivity index (χ1n) is 13.6. The van der Waals surface area contributed by atoms with Crippen LogP contribution < -0.4 is 0 Å². The summed E-state index contributed by atoms with van der Waals surface area (Å²) in [4.78, 5) is 15.1. The predicted molar refractivity (Wildman–Crippen MR) is 152 cm³/mol. The van der Waals surface area contributed by atoms with Crippen LogP contribution in [0.4, 0.5) is 0 Å². The quantitative estimate of drug-likeness (QED) is 0.330. The summed E-state index contributed by atoms with van der Waals surface area (Å²) in [7, 11) is -3.78. The molecule has 3 aromatic rings. The number of morpholine rings is 1. The van der Waals surface area contributed by atoms with Gasteiger partial charge in [-0.1, -0.05) is 30.3 Å². The summed E-state index contributed by atoms with van der Waals surface area (Å²) in [6.45, 7) is 5.54. The SMILES string of the molecule is C[C@H]1CN(S(=O)(=O)c2cccc(-c3nn(-c4ccccc4)cc3/C=C(\C#N)C(=O)N3CCCCC3)c2)C[C@H](C)O1. The zero-order valence-electron chi connectivity index (χ0n) is 22.7. The van der Waals surface area contributed by atoms with Gasteiger partial charge in [0.1, 0.15) is 17.3 Å². The minimum absolute atomic E-state index is 0.0239. The summed E-state index contributed by atoms with van der Waals surface area (Å²) in [6.07, 6.45) is 5.82. The highest BCUT2D eigenvalue weighted by molar-refractivity contribution is 7.89. The molecule has 5 rings (SSSR count). The second-order valence-corrected chi connectivity index (χ2v) is 12.3. The van der Waals surface area contributed by atoms with E-state index >= 15 is 0 Å². The van der Waals surface area contributed by atoms with E-state index in [0.717, 1.165) is 24.9 Å². The molecule has 0 aliphatic carbocycles. The second kappa shape index (κ2) is 11.8. The number of rotatable bonds is 6. The molecule has 9 nitrogen and oxygen atoms in total. The monoisotopic (exact) mass is 559 g/mol. The number of piperidine rings is 1. The van der Waals surface area contributed by atoms with Crippen LogP contribution in [0.1, 0.15) is 38.7 Å². The summed E-state index contributed by atoms with van der Waals surface area (Å²) in [5.74, 6) is -0.299. The molecule has 2 aromatic carbocycles. The molecule has 0 N–H and O–H groups in total. The van der Waals surface area contributed by atoms with Gasteiger partial charge in [-0.15, -0.1) is 0 Å². The number of carbonyl (C=O) groups excluding carboxylic acids is 1. The third-order valence-electron chi connectivity index (χ3n) is 7.19. The summed E-state index contributed by atoms with van der Waals surface area (Å²) in [6, 6.07) is 18.2. The molecule has 0 spiro atoms. The van der Waals surface area contributed by atoms with E-state index < -0.39 is 10.0 Å². The lowest BCUT2D eigenvalue weighted by Crippen LogP contribution is -2.48. The highest BCUT2D eigenvalue weighted by Crippen LogP contribution is 2.30. The van der Waals surface area contributed by atoms with Crippen molar-refractivity contribution in [3.63, 3.8) is 0 Å². The molecule has 1 aromatic heterocycles. The van der Waals surface area contributed by atoms with Crippen LogP contribution in [0.15, 0.2) is 71.3 Å². The zero-order valence-corrected chi connectivity index (χ0v) is 23.5. The molecule has 3 heterocycles. The number of para-hydroxylation sites is 1. The van der Waals surface area contributed by atoms with E-state index in [0.29, 0.717) is 29.9 Å². The Morgan fingerprint density at radius 2 is 1.73 bits per heavy atom. The highest BCUT2D eigenvalue weighted by Gasteiger charge is 2.32. The van der Waals surface area contributed by atoms with Crippen LogP contribution in [0.3, 0.4) is 0 Å². The van der Waals surface area contributed by atoms with Gasteiger partial charge in [0, 0.05) is 43.5 Å². The third kappa shape index (κ3) is 5.87. The van der Waals surface area contributed by atoms with E-state index in [-0.39, 0.29) is 41.7 Å². The van der Waals surface area contributed by atoms with Crippen molar-refractivity contribution in [3.05, 3.63) is 71.9 Å². The van der Waals surface area contributed by atoms with Gasteiger partial charge in [-0.3, -0.25) is 4.79 Å². The second-order valence-electron chi connectivity index (χ2n) is 10.3. The predicted octanol–water partition coefficient (Wildman–Crippen LogP) is 4.26. The molecule has 1 amide bonds. The van der Waals surface area contributed by atoms with Crippen LogP contribution in [0, 0.1) is 11.3 Å². The van der Waals surface area contributed by atoms with Crippen LogP contribution in [0.25, 0.3) is 23.0 Å². The minimum Gasteiger partial charge on any atom is -0.373 e. The van der Waals surface area contributed by atoms with Gasteiger partial charge in [0.25, 0.3) is 5.91 Å². The first-order chi connectivity index (χ1) is 19.3. The van der Waals surface area contributed by atoms with Crippen LogP contribution in [-0.2, 0) is 19.6 Å². The average molecular weight is 560 g/mol. The Kier molecular flexibility index (Phi) is 8.17. The molecule has 0 saturated carbocycles. The molecule has 2 aliphatic rings. The Bertz CT molecular complexity index is 1540. The smallest absolute Gasteiger partial charge is 0.264 e. The molecular formula is C30H33N5O4S. The van der Waals surface area contributed by atoms with Crippen LogP contribution in [0.2, 0.25) is 0 Å². The Labute approximate surface area is 235 Å². The molecule has 2 fully saturated rings. The molecular weight excluding hydrogens is 526 g/mol. The molecule has 0 bridgehead atoms. The largest absolute Gasteiger partial charge is 0.373 e. The van der Waals surface area contributed by atoms with E-state index in [9.17, 15) is 18.5 Å². The lowest BCUT2D eigenvalue weighted by molar-refractivity contribution is -0.127. The van der Waals surface area contributed by atoms with Crippen molar-refractivity contribution < 1.29 is 17.9 Å². The number of amides is 1. The molecule has 0 unspecified atom stereocenters. The number of likely N-dealkylation sites (tertiary alicyclic amines) is 1. The number of hydrogen-bond acceptors (Lipinski definition) is 6. The van der Waals surface area contributed by atoms with Crippen LogP contribution >= 0.6 is 0 Å². The number of hydrogen-bond donors (Lipinski definition) is 0. The van der Waals surface area contributed by atoms with Crippen molar-refractivity contribution >= 4 is 22.0 Å². The molecule has 208 valence electrons. The fraction of sp³-hybridized carbons (Fsp3) is 0.367. The normalized spacial score (nSPS) is 20.7. The molecule has 40 heavy (non-hydrogen) atoms. The van der Waals surface area contributed by atoms with E-state index in [1.807, 2.05) is 44.2 Å². The van der Waals surface area contributed by atoms with Gasteiger partial charge >= 0.3 is 0 Å². The van der Waals surface area contributed by atoms with Gasteiger partial charge in [0.15, 0.2) is 0 Å². The number of aromatic nitrogens is 2. The number of nitriles is 1. The summed E-state index contributed by atoms with van der Waals surface area (Å²) in [5, 5.41) is 14.7. The van der Waals surface area contributed by atoms with Crippen molar-refractivity contribution in [1.82, 2.24) is 19.0 Å². The number of nitrogens with zero attached hydrogens (tertiary/aromatic N) is 5. The Hall–Kier alpha value is -3.78. The fourth-order valence-electron chi connectivity index (χ4n) is 5.27. The van der Waals surface area contributed by atoms with Crippen molar-refractivity contribution in [1.29, 1.82) is 5.26 Å². The Balaban J connectivity index is 1.57. The Morgan fingerprint density at radius 3 is 2.40 bits per heavy atom. The van der Waals surface area contributed by atoms with Gasteiger partial charge < -0.3 is 9.64 Å². The van der Waals surface area contributed by atoms with Crippen molar-refractivity contribution in [2.24, 2.45) is 0 Å². The minimum atomic E-state index is -3.78. The molecule has 10 heteroatoms. The van der Waals surface area contributed by atoms with E-state index in [1.54, 1.807) is 46.1 Å². The lowest BCUT2D eigenvalue weighted by atomic mass is 10.0. The van der Waals surface area contributed by atoms with Crippen LogP contribution in [-0.4, -0.2) is 71.7 Å². The lowest BCUT2D eigenvalue weighted by Gasteiger charge is -2.34. The first-order valence-corrected chi connectivity index (χ1v) is 15.0. The van der Waals surface area contributed by atoms with Gasteiger partial charge in [-0.05, 0) is 63.5 Å². The number of ether oxygens (including phenoxy) is 1. The standard InChI is InChI=1S/C30H33N5O4S/c1-22-19-34(20-23(2)39-22)40(37,38)28-13-9-10-24(17-28)29-26(21-35(32-29)27-11-5-3-6-12-27)16-25(18-31)30(36)33-14-7-4-8-15-33/h3,5-6,9-13,16-17,21-23H,4,7-8,14-15,19-20H2,1-2H3/b25-16+/t22-,23-/m0/s1. The highest BCUT2D eigenvalue weighted by atomic mass is 32.2. The molecule has 2 saturated heterocycles. The molecule has 2 atom stereocenters. The molecule has 2 aliphatic heterocycles. The van der Waals surface area contributed by atoms with E-state index in [2.05, 4.69) is 6.07 Å². The summed E-state index contributed by atoms with van der Waals surface area (Å²) in [5.41, 5.74) is 2.41. The topological polar surface area (TPSA) is 109 Å². The first kappa shape index (κ1) is 27.8. The fourth-order valence-corrected chi connectivity index (χ4v) is 6.91. The maximum Gasteiger partial charge on any atom is 0.264 e. The molecule has 0 radical (unpaired) electrons. The van der Waals surface area contributed by atoms with Gasteiger partial charge in [0.2, 0.25) is 10.0 Å². The van der Waals surface area contributed by atoms with Crippen molar-refractivity contribution in [2.45, 2.75) is 50.2 Å². The zero-order chi connectivity index (χ0) is 28.3. The third-order valence-corrected chi connectivity index (χ3v) is 9.02. The Morgan fingerprint density at radius 1 is 1.02 bits per heavy atom. The number of sulfonamides is 1. The number of benzene rings is 2. The average Bonchev–Trinajstić information content (AvgIpc) is 3.40. The van der Waals surface area contributed by atoms with E-state index in [1.165, 1.54) is 4.31 Å². The van der Waals surface area contributed by atoms with Crippen molar-refractivity contribution in [2.75, 3.05) is 26.2 Å². The maximum absolute atomic E-state index is 13.6. The van der Waals surface area contributed by atoms with Gasteiger partial charge in [0.05, 0.1) is 22.8 Å². The van der Waals surface area contributed by atoms with Gasteiger partial charge in [-0.25, -0.2) is 13.1 Å². The summed E-state index contributed by atoms with van der Waals surface area (Å²) < 4.78 is 36.1. The maximum atomic E-state index is 13.6. The van der Waals surface area contributed by atoms with Gasteiger partial charge in [-0.2, -0.15) is 14.7 Å². The number of carbonyl (C=O) groups is 1. The summed E-state index contributed by atoms with van der Waals surface area (Å²) >= 11 is 0. The van der Waals surface area contributed by atoms with Crippen molar-refractivity contribution in [3.8, 4) is 23.0 Å². The van der Waals surface area contributed by atoms with E-state index in [4.69, 9.17) is 9.84 Å². The van der Waals surface area contributed by atoms with Crippen LogP contribution in [0.5, 0.6) is 0 Å².